The maximum Gasteiger partial charge on any atom is 0.347 e. The molecule has 1 heterocycles. The van der Waals surface area contributed by atoms with Gasteiger partial charge < -0.3 is 10.4 Å². The highest BCUT2D eigenvalue weighted by atomic mass is 32.1. The number of hydrogen-bond acceptors (Lipinski definition) is 4. The van der Waals surface area contributed by atoms with E-state index < -0.39 is 5.97 Å². The Morgan fingerprint density at radius 3 is 2.80 bits per heavy atom. The van der Waals surface area contributed by atoms with Gasteiger partial charge in [-0.05, 0) is 32.6 Å². The first kappa shape index (κ1) is 10.4. The van der Waals surface area contributed by atoms with Crippen LogP contribution in [-0.4, -0.2) is 21.6 Å². The van der Waals surface area contributed by atoms with Crippen LogP contribution in [0.25, 0.3) is 0 Å². The molecule has 1 fully saturated rings. The summed E-state index contributed by atoms with van der Waals surface area (Å²) in [5.41, 5.74) is 0.0215. The summed E-state index contributed by atoms with van der Waals surface area (Å²) in [5, 5.41) is 12.8. The van der Waals surface area contributed by atoms with E-state index in [1.54, 1.807) is 0 Å². The van der Waals surface area contributed by atoms with Crippen molar-refractivity contribution in [2.75, 3.05) is 5.32 Å². The molecular formula is C10H14N2O2S. The first-order valence-corrected chi connectivity index (χ1v) is 5.78. The van der Waals surface area contributed by atoms with E-state index in [2.05, 4.69) is 24.1 Å². The third-order valence-electron chi connectivity index (χ3n) is 2.74. The molecule has 0 radical (unpaired) electrons. The Labute approximate surface area is 92.3 Å². The number of aromatic nitrogens is 1. The first-order chi connectivity index (χ1) is 6.99. The fourth-order valence-corrected chi connectivity index (χ4v) is 2.43. The molecule has 4 nitrogen and oxygen atoms in total. The summed E-state index contributed by atoms with van der Waals surface area (Å²) >= 11 is 1.19. The van der Waals surface area contributed by atoms with Crippen molar-refractivity contribution in [3.63, 3.8) is 0 Å². The molecule has 5 heteroatoms. The maximum atomic E-state index is 10.7. The number of thiazole rings is 1. The molecule has 1 aromatic heterocycles. The van der Waals surface area contributed by atoms with Gasteiger partial charge in [0.15, 0.2) is 5.13 Å². The van der Waals surface area contributed by atoms with E-state index in [0.717, 1.165) is 0 Å². The van der Waals surface area contributed by atoms with Gasteiger partial charge in [0.25, 0.3) is 0 Å². The Hall–Kier alpha value is -1.10. The molecule has 2 rings (SSSR count). The number of rotatable bonds is 4. The van der Waals surface area contributed by atoms with E-state index in [1.807, 2.05) is 0 Å². The lowest BCUT2D eigenvalue weighted by Gasteiger charge is -2.25. The molecular weight excluding hydrogens is 212 g/mol. The minimum absolute atomic E-state index is 0.0215. The highest BCUT2D eigenvalue weighted by molar-refractivity contribution is 7.17. The van der Waals surface area contributed by atoms with Gasteiger partial charge in [-0.15, -0.1) is 0 Å². The predicted molar refractivity (Wildman–Crippen MR) is 59.5 cm³/mol. The minimum atomic E-state index is -0.912. The average Bonchev–Trinajstić information content (AvgIpc) is 2.88. The van der Waals surface area contributed by atoms with E-state index in [0.29, 0.717) is 11.0 Å². The van der Waals surface area contributed by atoms with Crippen molar-refractivity contribution in [1.82, 2.24) is 4.98 Å². The third kappa shape index (κ3) is 2.28. The smallest absolute Gasteiger partial charge is 0.347 e. The molecule has 82 valence electrons. The van der Waals surface area contributed by atoms with Gasteiger partial charge in [0.1, 0.15) is 4.88 Å². The van der Waals surface area contributed by atoms with Crippen LogP contribution >= 0.6 is 11.3 Å². The second kappa shape index (κ2) is 3.48. The number of nitrogens with zero attached hydrogens (tertiary/aromatic N) is 1. The summed E-state index contributed by atoms with van der Waals surface area (Å²) in [5.74, 6) is -0.223. The number of hydrogen-bond donors (Lipinski definition) is 2. The summed E-state index contributed by atoms with van der Waals surface area (Å²) in [6.45, 7) is 4.26. The number of aromatic carboxylic acids is 1. The summed E-state index contributed by atoms with van der Waals surface area (Å²) in [4.78, 5) is 15.0. The lowest BCUT2D eigenvalue weighted by molar-refractivity contribution is 0.0702. The molecule has 1 aliphatic carbocycles. The summed E-state index contributed by atoms with van der Waals surface area (Å²) in [7, 11) is 0. The number of carboxylic acid groups (broad SMARTS) is 1. The molecule has 0 unspecified atom stereocenters. The molecule has 0 bridgehead atoms. The Bertz CT molecular complexity index is 383. The number of anilines is 1. The quantitative estimate of drug-likeness (QED) is 0.827. The highest BCUT2D eigenvalue weighted by Crippen LogP contribution is 2.41. The van der Waals surface area contributed by atoms with Crippen LogP contribution in [0.3, 0.4) is 0 Å². The fourth-order valence-electron chi connectivity index (χ4n) is 1.61. The van der Waals surface area contributed by atoms with Gasteiger partial charge in [-0.25, -0.2) is 9.78 Å². The van der Waals surface area contributed by atoms with Crippen LogP contribution in [0.5, 0.6) is 0 Å². The van der Waals surface area contributed by atoms with Gasteiger partial charge in [-0.3, -0.25) is 0 Å². The minimum Gasteiger partial charge on any atom is -0.477 e. The van der Waals surface area contributed by atoms with Crippen molar-refractivity contribution in [2.45, 2.75) is 32.2 Å². The zero-order valence-corrected chi connectivity index (χ0v) is 9.60. The Balaban J connectivity index is 2.06. The predicted octanol–water partition coefficient (Wildman–Crippen LogP) is 2.44. The van der Waals surface area contributed by atoms with Gasteiger partial charge in [0, 0.05) is 5.54 Å². The molecule has 0 amide bonds. The Morgan fingerprint density at radius 1 is 1.67 bits per heavy atom. The molecule has 0 atom stereocenters. The zero-order chi connectivity index (χ0) is 11.1. The molecule has 2 N–H and O–H groups in total. The van der Waals surface area contributed by atoms with Crippen LogP contribution in [0.1, 0.15) is 36.4 Å². The maximum absolute atomic E-state index is 10.7. The van der Waals surface area contributed by atoms with Crippen LogP contribution < -0.4 is 5.32 Å². The largest absolute Gasteiger partial charge is 0.477 e. The first-order valence-electron chi connectivity index (χ1n) is 4.96. The zero-order valence-electron chi connectivity index (χ0n) is 8.78. The van der Waals surface area contributed by atoms with Gasteiger partial charge in [0.2, 0.25) is 0 Å². The van der Waals surface area contributed by atoms with Crippen LogP contribution in [0, 0.1) is 5.92 Å². The van der Waals surface area contributed by atoms with Crippen LogP contribution in [0.15, 0.2) is 6.20 Å². The SMILES string of the molecule is CC(C)(Nc1ncc(C(=O)O)s1)C1CC1. The van der Waals surface area contributed by atoms with E-state index in [4.69, 9.17) is 5.11 Å². The van der Waals surface area contributed by atoms with Crippen molar-refractivity contribution in [1.29, 1.82) is 0 Å². The monoisotopic (exact) mass is 226 g/mol. The average molecular weight is 226 g/mol. The van der Waals surface area contributed by atoms with Gasteiger partial charge in [-0.1, -0.05) is 11.3 Å². The molecule has 1 aliphatic rings. The van der Waals surface area contributed by atoms with Gasteiger partial charge in [-0.2, -0.15) is 0 Å². The fraction of sp³-hybridized carbons (Fsp3) is 0.600. The summed E-state index contributed by atoms with van der Waals surface area (Å²) in [6.07, 6.45) is 3.90. The summed E-state index contributed by atoms with van der Waals surface area (Å²) in [6, 6.07) is 0. The number of carboxylic acids is 1. The van der Waals surface area contributed by atoms with Gasteiger partial charge >= 0.3 is 5.97 Å². The molecule has 15 heavy (non-hydrogen) atoms. The molecule has 0 aromatic carbocycles. The van der Waals surface area contributed by atoms with Crippen LogP contribution in [-0.2, 0) is 0 Å². The lowest BCUT2D eigenvalue weighted by atomic mass is 9.99. The molecule has 1 saturated carbocycles. The Kier molecular flexibility index (Phi) is 2.42. The second-order valence-electron chi connectivity index (χ2n) is 4.46. The van der Waals surface area contributed by atoms with E-state index in [-0.39, 0.29) is 10.4 Å². The number of carbonyl (C=O) groups is 1. The van der Waals surface area contributed by atoms with E-state index >= 15 is 0 Å². The summed E-state index contributed by atoms with van der Waals surface area (Å²) < 4.78 is 0. The lowest BCUT2D eigenvalue weighted by Crippen LogP contribution is -2.33. The molecule has 0 saturated heterocycles. The van der Waals surface area contributed by atoms with Gasteiger partial charge in [0.05, 0.1) is 6.20 Å². The normalized spacial score (nSPS) is 16.4. The number of nitrogens with one attached hydrogen (secondary N) is 1. The van der Waals surface area contributed by atoms with Crippen molar-refractivity contribution in [3.8, 4) is 0 Å². The van der Waals surface area contributed by atoms with Crippen LogP contribution in [0.4, 0.5) is 5.13 Å². The molecule has 0 aliphatic heterocycles. The third-order valence-corrected chi connectivity index (χ3v) is 3.64. The second-order valence-corrected chi connectivity index (χ2v) is 5.49. The van der Waals surface area contributed by atoms with Crippen molar-refractivity contribution in [2.24, 2.45) is 5.92 Å². The van der Waals surface area contributed by atoms with E-state index in [1.165, 1.54) is 30.4 Å². The highest BCUT2D eigenvalue weighted by Gasteiger charge is 2.38. The van der Waals surface area contributed by atoms with E-state index in [9.17, 15) is 4.79 Å². The van der Waals surface area contributed by atoms with Crippen molar-refractivity contribution < 1.29 is 9.90 Å². The topological polar surface area (TPSA) is 62.2 Å². The van der Waals surface area contributed by atoms with Crippen LogP contribution in [0.2, 0.25) is 0 Å². The molecule has 0 spiro atoms. The Morgan fingerprint density at radius 2 is 2.33 bits per heavy atom. The standard InChI is InChI=1S/C10H14N2O2S/c1-10(2,6-3-4-6)12-9-11-5-7(15-9)8(13)14/h5-6H,3-4H2,1-2H3,(H,11,12)(H,13,14). The van der Waals surface area contributed by atoms with Crippen molar-refractivity contribution >= 4 is 22.4 Å². The van der Waals surface area contributed by atoms with Crippen molar-refractivity contribution in [3.05, 3.63) is 11.1 Å². The molecule has 1 aromatic rings.